The zero-order valence-electron chi connectivity index (χ0n) is 10.2. The highest BCUT2D eigenvalue weighted by Gasteiger charge is 2.05. The van der Waals surface area contributed by atoms with Gasteiger partial charge in [0.05, 0.1) is 0 Å². The van der Waals surface area contributed by atoms with Crippen LogP contribution in [0.15, 0.2) is 42.5 Å². The molecule has 0 aromatic heterocycles. The summed E-state index contributed by atoms with van der Waals surface area (Å²) in [6, 6.07) is 9.01. The monoisotopic (exact) mass is 212 g/mol. The second-order valence-electron chi connectivity index (χ2n) is 4.68. The Balaban J connectivity index is 2.18. The fourth-order valence-corrected chi connectivity index (χ4v) is 2.18. The first kappa shape index (κ1) is 11.2. The highest BCUT2D eigenvalue weighted by molar-refractivity contribution is 5.75. The minimum Gasteiger partial charge on any atom is -0.0834 e. The maximum absolute atomic E-state index is 2.37. The van der Waals surface area contributed by atoms with Crippen molar-refractivity contribution in [1.29, 1.82) is 0 Å². The molecule has 0 nitrogen and oxygen atoms in total. The van der Waals surface area contributed by atoms with Crippen LogP contribution in [0, 0.1) is 5.92 Å². The quantitative estimate of drug-likeness (QED) is 0.686. The molecule has 0 saturated carbocycles. The summed E-state index contributed by atoms with van der Waals surface area (Å²) in [5.41, 5.74) is 4.17. The first-order valence-electron chi connectivity index (χ1n) is 6.27. The molecule has 1 atom stereocenters. The largest absolute Gasteiger partial charge is 0.0834 e. The third kappa shape index (κ3) is 2.63. The van der Waals surface area contributed by atoms with Crippen molar-refractivity contribution < 1.29 is 0 Å². The van der Waals surface area contributed by atoms with E-state index in [-0.39, 0.29) is 0 Å². The average molecular weight is 212 g/mol. The molecule has 0 radical (unpaired) electrons. The molecule has 0 N–H and O–H groups in total. The van der Waals surface area contributed by atoms with Crippen LogP contribution in [-0.2, 0) is 6.42 Å². The molecule has 0 aliphatic heterocycles. The van der Waals surface area contributed by atoms with E-state index in [1.807, 2.05) is 0 Å². The average Bonchev–Trinajstić information content (AvgIpc) is 2.30. The third-order valence-electron chi connectivity index (χ3n) is 3.10. The molecule has 1 aliphatic rings. The normalized spacial score (nSPS) is 19.6. The summed E-state index contributed by atoms with van der Waals surface area (Å²) in [4.78, 5) is 0. The lowest BCUT2D eigenvalue weighted by Crippen LogP contribution is -1.95. The number of aryl methyl sites for hydroxylation is 1. The summed E-state index contributed by atoms with van der Waals surface area (Å²) < 4.78 is 0. The van der Waals surface area contributed by atoms with Crippen LogP contribution in [0.3, 0.4) is 0 Å². The molecule has 16 heavy (non-hydrogen) atoms. The van der Waals surface area contributed by atoms with Crippen molar-refractivity contribution in [3.05, 3.63) is 53.6 Å². The molecule has 1 aromatic carbocycles. The van der Waals surface area contributed by atoms with E-state index in [0.717, 1.165) is 0 Å². The van der Waals surface area contributed by atoms with Crippen LogP contribution in [0.5, 0.6) is 0 Å². The van der Waals surface area contributed by atoms with Crippen molar-refractivity contribution in [2.24, 2.45) is 5.92 Å². The summed E-state index contributed by atoms with van der Waals surface area (Å²) >= 11 is 0. The second kappa shape index (κ2) is 5.16. The number of hydrogen-bond acceptors (Lipinski definition) is 0. The van der Waals surface area contributed by atoms with Gasteiger partial charge in [-0.15, -0.1) is 0 Å². The molecule has 0 heterocycles. The predicted molar refractivity (Wildman–Crippen MR) is 71.3 cm³/mol. The Hall–Kier alpha value is -1.30. The topological polar surface area (TPSA) is 0 Å². The van der Waals surface area contributed by atoms with Gasteiger partial charge in [-0.2, -0.15) is 0 Å². The van der Waals surface area contributed by atoms with Crippen LogP contribution in [0.4, 0.5) is 0 Å². The zero-order valence-corrected chi connectivity index (χ0v) is 10.2. The van der Waals surface area contributed by atoms with E-state index in [0.29, 0.717) is 5.92 Å². The summed E-state index contributed by atoms with van der Waals surface area (Å²) in [6.07, 6.45) is 10.5. The van der Waals surface area contributed by atoms with Gasteiger partial charge >= 0.3 is 0 Å². The van der Waals surface area contributed by atoms with Gasteiger partial charge < -0.3 is 0 Å². The maximum atomic E-state index is 2.37. The molecular formula is C16H20. The molecule has 84 valence electrons. The molecule has 0 amide bonds. The molecule has 0 fully saturated rings. The maximum Gasteiger partial charge on any atom is -0.0187 e. The van der Waals surface area contributed by atoms with E-state index >= 15 is 0 Å². The van der Waals surface area contributed by atoms with Gasteiger partial charge in [0, 0.05) is 0 Å². The molecular weight excluding hydrogens is 192 g/mol. The van der Waals surface area contributed by atoms with Gasteiger partial charge in [0.15, 0.2) is 0 Å². The Kier molecular flexibility index (Phi) is 3.61. The Bertz CT molecular complexity index is 393. The highest BCUT2D eigenvalue weighted by atomic mass is 14.1. The summed E-state index contributed by atoms with van der Waals surface area (Å²) in [7, 11) is 0. The number of benzene rings is 1. The van der Waals surface area contributed by atoms with Crippen LogP contribution in [-0.4, -0.2) is 0 Å². The predicted octanol–water partition coefficient (Wildman–Crippen LogP) is 4.62. The lowest BCUT2D eigenvalue weighted by molar-refractivity contribution is 0.740. The molecule has 0 spiro atoms. The van der Waals surface area contributed by atoms with E-state index in [1.54, 1.807) is 0 Å². The molecule has 1 aromatic rings. The van der Waals surface area contributed by atoms with Gasteiger partial charge in [0.1, 0.15) is 0 Å². The van der Waals surface area contributed by atoms with Crippen molar-refractivity contribution in [1.82, 2.24) is 0 Å². The Morgan fingerprint density at radius 3 is 2.56 bits per heavy atom. The fraction of sp³-hybridized carbons (Fsp3) is 0.375. The van der Waals surface area contributed by atoms with Crippen LogP contribution >= 0.6 is 0 Å². The van der Waals surface area contributed by atoms with E-state index in [1.165, 1.54) is 36.0 Å². The SMILES string of the molecule is CCCc1ccc(C2=CC(C)CC=C2)cc1. The molecule has 0 saturated heterocycles. The van der Waals surface area contributed by atoms with E-state index in [4.69, 9.17) is 0 Å². The number of hydrogen-bond donors (Lipinski definition) is 0. The smallest absolute Gasteiger partial charge is 0.0187 e. The van der Waals surface area contributed by atoms with Crippen molar-refractivity contribution in [3.63, 3.8) is 0 Å². The first-order chi connectivity index (χ1) is 7.79. The summed E-state index contributed by atoms with van der Waals surface area (Å²) in [6.45, 7) is 4.50. The molecule has 1 unspecified atom stereocenters. The number of allylic oxidation sites excluding steroid dienone is 4. The van der Waals surface area contributed by atoms with Gasteiger partial charge in [-0.1, -0.05) is 62.8 Å². The first-order valence-corrected chi connectivity index (χ1v) is 6.27. The summed E-state index contributed by atoms with van der Waals surface area (Å²) in [5.74, 6) is 0.676. The van der Waals surface area contributed by atoms with Crippen molar-refractivity contribution in [3.8, 4) is 0 Å². The lowest BCUT2D eigenvalue weighted by atomic mass is 9.93. The highest BCUT2D eigenvalue weighted by Crippen LogP contribution is 2.24. The van der Waals surface area contributed by atoms with Crippen LogP contribution < -0.4 is 0 Å². The van der Waals surface area contributed by atoms with E-state index < -0.39 is 0 Å². The minimum atomic E-state index is 0.676. The Labute approximate surface area is 98.7 Å². The van der Waals surface area contributed by atoms with Crippen molar-refractivity contribution >= 4 is 5.57 Å². The van der Waals surface area contributed by atoms with Gasteiger partial charge in [0.2, 0.25) is 0 Å². The fourth-order valence-electron chi connectivity index (χ4n) is 2.18. The zero-order chi connectivity index (χ0) is 11.4. The van der Waals surface area contributed by atoms with Gasteiger partial charge in [-0.25, -0.2) is 0 Å². The molecule has 2 rings (SSSR count). The van der Waals surface area contributed by atoms with Gasteiger partial charge in [-0.3, -0.25) is 0 Å². The number of rotatable bonds is 3. The third-order valence-corrected chi connectivity index (χ3v) is 3.10. The van der Waals surface area contributed by atoms with Crippen LogP contribution in [0.2, 0.25) is 0 Å². The Morgan fingerprint density at radius 1 is 1.19 bits per heavy atom. The molecule has 1 aliphatic carbocycles. The van der Waals surface area contributed by atoms with Gasteiger partial charge in [0.25, 0.3) is 0 Å². The van der Waals surface area contributed by atoms with Crippen molar-refractivity contribution in [2.45, 2.75) is 33.1 Å². The van der Waals surface area contributed by atoms with Crippen LogP contribution in [0.1, 0.15) is 37.8 Å². The van der Waals surface area contributed by atoms with Crippen LogP contribution in [0.25, 0.3) is 5.57 Å². The standard InChI is InChI=1S/C16H20/c1-3-5-14-8-10-15(11-9-14)16-7-4-6-13(2)12-16/h4,7-13H,3,5-6H2,1-2H3. The Morgan fingerprint density at radius 2 is 1.94 bits per heavy atom. The van der Waals surface area contributed by atoms with Gasteiger partial charge in [-0.05, 0) is 35.5 Å². The van der Waals surface area contributed by atoms with E-state index in [9.17, 15) is 0 Å². The van der Waals surface area contributed by atoms with E-state index in [2.05, 4.69) is 56.3 Å². The second-order valence-corrected chi connectivity index (χ2v) is 4.68. The van der Waals surface area contributed by atoms with Crippen molar-refractivity contribution in [2.75, 3.05) is 0 Å². The molecule has 0 heteroatoms. The molecule has 0 bridgehead atoms. The lowest BCUT2D eigenvalue weighted by Gasteiger charge is -2.12. The summed E-state index contributed by atoms with van der Waals surface area (Å²) in [5, 5.41) is 0. The minimum absolute atomic E-state index is 0.676.